The summed E-state index contributed by atoms with van der Waals surface area (Å²) in [6.45, 7) is 2.07. The van der Waals surface area contributed by atoms with Gasteiger partial charge in [-0.15, -0.1) is 0 Å². The fraction of sp³-hybridized carbons (Fsp3) is 0.529. The fourth-order valence-corrected chi connectivity index (χ4v) is 9.84. The van der Waals surface area contributed by atoms with Crippen LogP contribution in [0.25, 0.3) is 22.4 Å². The van der Waals surface area contributed by atoms with E-state index in [1.165, 1.54) is 11.4 Å². The number of amides is 4. The molecule has 0 saturated carbocycles. The molecule has 3 saturated heterocycles. The number of carbonyl (C=O) groups excluding carboxylic acids is 3. The molecule has 4 aromatic rings. The van der Waals surface area contributed by atoms with Gasteiger partial charge in [-0.2, -0.15) is 31.4 Å². The third-order valence-corrected chi connectivity index (χ3v) is 14.8. The number of halogens is 10. The van der Waals surface area contributed by atoms with Crippen molar-refractivity contribution in [1.29, 1.82) is 0 Å². The van der Waals surface area contributed by atoms with Gasteiger partial charge in [-0.3, -0.25) is 24.6 Å². The highest BCUT2D eigenvalue weighted by Gasteiger charge is 2.57. The number of methoxy groups -OCH3 is 1. The van der Waals surface area contributed by atoms with Crippen molar-refractivity contribution in [2.75, 3.05) is 44.9 Å². The van der Waals surface area contributed by atoms with Crippen LogP contribution in [0, 0.1) is 22.5 Å². The van der Waals surface area contributed by atoms with Crippen LogP contribution in [0.3, 0.4) is 0 Å². The third kappa shape index (κ3) is 13.8. The second-order valence-electron chi connectivity index (χ2n) is 20.9. The van der Waals surface area contributed by atoms with Crippen molar-refractivity contribution in [3.63, 3.8) is 0 Å². The predicted octanol–water partition coefficient (Wildman–Crippen LogP) is 6.67. The SMILES string of the molecule is COC(=O)NC(C(=O)NC(Cc1ccc(-c2ccc(N3CC4CCC(C3)N4C3COC3)nc2)cc1)C(O)CN(Cc1c(F)cc(-c2ccn(CC(F)F)n2)cc1F)NC(=O)C(NC(=O)O)C(C)(C)C(F)(F)F)C(C)(C)C(F)(F)F. The first-order valence-electron chi connectivity index (χ1n) is 24.9. The van der Waals surface area contributed by atoms with Gasteiger partial charge < -0.3 is 40.5 Å². The number of benzene rings is 2. The van der Waals surface area contributed by atoms with Crippen LogP contribution < -0.4 is 26.3 Å². The zero-order valence-electron chi connectivity index (χ0n) is 43.3. The highest BCUT2D eigenvalue weighted by molar-refractivity contribution is 5.87. The second kappa shape index (κ2) is 23.9. The number of hydrogen-bond acceptors (Lipinski definition) is 12. The normalized spacial score (nSPS) is 18.9. The van der Waals surface area contributed by atoms with Crippen LogP contribution in [-0.4, -0.2) is 160 Å². The topological polar surface area (TPSA) is 216 Å². The van der Waals surface area contributed by atoms with E-state index in [2.05, 4.69) is 25.0 Å². The summed E-state index contributed by atoms with van der Waals surface area (Å²) in [5.41, 5.74) is -3.97. The number of carboxylic acid groups (broad SMARTS) is 1. The lowest BCUT2D eigenvalue weighted by molar-refractivity contribution is -0.221. The van der Waals surface area contributed by atoms with E-state index in [9.17, 15) is 64.5 Å². The summed E-state index contributed by atoms with van der Waals surface area (Å²) in [7, 11) is 0.821. The lowest BCUT2D eigenvalue weighted by Gasteiger charge is -2.48. The molecule has 79 heavy (non-hydrogen) atoms. The molecule has 28 heteroatoms. The summed E-state index contributed by atoms with van der Waals surface area (Å²) in [5, 5.41) is 31.6. The molecule has 18 nitrogen and oxygen atoms in total. The van der Waals surface area contributed by atoms with E-state index >= 15 is 8.78 Å². The Labute approximate surface area is 446 Å². The van der Waals surface area contributed by atoms with Gasteiger partial charge >= 0.3 is 24.5 Å². The number of aromatic nitrogens is 3. The van der Waals surface area contributed by atoms with Gasteiger partial charge in [-0.1, -0.05) is 24.3 Å². The number of aliphatic hydroxyl groups is 1. The van der Waals surface area contributed by atoms with E-state index in [0.29, 0.717) is 67.5 Å². The number of fused-ring (bicyclic) bond motifs is 2. The van der Waals surface area contributed by atoms with E-state index in [4.69, 9.17) is 9.72 Å². The number of alkyl carbamates (subject to hydrolysis) is 1. The van der Waals surface area contributed by atoms with Gasteiger partial charge in [0.15, 0.2) is 0 Å². The van der Waals surface area contributed by atoms with Crippen LogP contribution in [0.5, 0.6) is 0 Å². The minimum atomic E-state index is -5.27. The van der Waals surface area contributed by atoms with Crippen LogP contribution in [0.15, 0.2) is 67.0 Å². The smallest absolute Gasteiger partial charge is 0.407 e. The maximum Gasteiger partial charge on any atom is 0.407 e. The van der Waals surface area contributed by atoms with E-state index < -0.39 is 121 Å². The minimum Gasteiger partial charge on any atom is -0.465 e. The first kappa shape index (κ1) is 59.9. The summed E-state index contributed by atoms with van der Waals surface area (Å²) in [6, 6.07) is 7.02. The number of ether oxygens (including phenoxy) is 2. The molecular formula is C51H60F10N10O8. The van der Waals surface area contributed by atoms with Crippen molar-refractivity contribution in [2.24, 2.45) is 10.8 Å². The number of pyridine rings is 1. The van der Waals surface area contributed by atoms with Gasteiger partial charge in [0.25, 0.3) is 12.3 Å². The average molecular weight is 1130 g/mol. The van der Waals surface area contributed by atoms with E-state index in [0.717, 1.165) is 75.1 Å². The van der Waals surface area contributed by atoms with E-state index in [1.54, 1.807) is 30.5 Å². The van der Waals surface area contributed by atoms with Crippen molar-refractivity contribution in [1.82, 2.24) is 46.0 Å². The number of hydrogen-bond donors (Lipinski definition) is 6. The first-order chi connectivity index (χ1) is 37.0. The molecule has 2 aromatic carbocycles. The average Bonchev–Trinajstić information content (AvgIpc) is 3.93. The number of alkyl halides is 8. The number of anilines is 1. The summed E-state index contributed by atoms with van der Waals surface area (Å²) in [5.74, 6) is -5.31. The number of aliphatic hydroxyl groups excluding tert-OH is 1. The second-order valence-corrected chi connectivity index (χ2v) is 20.9. The molecule has 2 aromatic heterocycles. The van der Waals surface area contributed by atoms with Crippen molar-refractivity contribution in [3.8, 4) is 22.4 Å². The number of carbonyl (C=O) groups is 4. The molecule has 4 amide bonds. The Bertz CT molecular complexity index is 2760. The molecule has 0 aliphatic carbocycles. The Morgan fingerprint density at radius 3 is 1.89 bits per heavy atom. The predicted molar refractivity (Wildman–Crippen MR) is 263 cm³/mol. The number of piperazine rings is 1. The molecule has 6 unspecified atom stereocenters. The zero-order valence-corrected chi connectivity index (χ0v) is 43.3. The summed E-state index contributed by atoms with van der Waals surface area (Å²) in [6.07, 6.45) is -14.5. The lowest BCUT2D eigenvalue weighted by Crippen LogP contribution is -2.63. The molecule has 3 aliphatic rings. The maximum atomic E-state index is 16.1. The summed E-state index contributed by atoms with van der Waals surface area (Å²) >= 11 is 0. The summed E-state index contributed by atoms with van der Waals surface area (Å²) < 4.78 is 156. The molecule has 5 heterocycles. The minimum absolute atomic E-state index is 0.163. The Balaban J connectivity index is 1.20. The maximum absolute atomic E-state index is 16.1. The number of nitrogens with zero attached hydrogens (tertiary/aromatic N) is 6. The molecule has 6 N–H and O–H groups in total. The highest BCUT2D eigenvalue weighted by Crippen LogP contribution is 2.42. The molecule has 6 atom stereocenters. The van der Waals surface area contributed by atoms with Gasteiger partial charge in [-0.05, 0) is 88.4 Å². The lowest BCUT2D eigenvalue weighted by atomic mass is 9.82. The molecule has 3 aliphatic heterocycles. The Morgan fingerprint density at radius 2 is 1.38 bits per heavy atom. The van der Waals surface area contributed by atoms with Gasteiger partial charge in [-0.25, -0.2) is 37.1 Å². The zero-order chi connectivity index (χ0) is 57.9. The van der Waals surface area contributed by atoms with Crippen LogP contribution in [0.4, 0.5) is 59.3 Å². The molecule has 7 rings (SSSR count). The quantitative estimate of drug-likeness (QED) is 0.0381. The monoisotopic (exact) mass is 1130 g/mol. The van der Waals surface area contributed by atoms with Crippen LogP contribution in [-0.2, 0) is 38.6 Å². The van der Waals surface area contributed by atoms with E-state index in [1.807, 2.05) is 22.9 Å². The molecule has 0 radical (unpaired) electrons. The third-order valence-electron chi connectivity index (χ3n) is 14.8. The standard InChI is InChI=1S/C51H60F10N10O8/c1-48(2,50(56,57)58)42(65-47(77)78-5)44(73)63-38(16-27-6-8-28(9-7-27)29-10-13-41(62-19-29)68-20-31-11-12-32(21-68)71(31)33-25-79-26-33)39(72)23-70(67-45(74)43(64-46(75)76)49(3,4)51(59,60)61)22-34-35(52)17-30(18-36(34)53)37-14-15-69(66-37)24-40(54)55/h6-10,13-15,17-19,31-33,38-40,42-43,64,72H,11-12,16,20-26H2,1-5H3,(H,63,73)(H,65,77)(H,67,74)(H,75,76). The molecular weight excluding hydrogens is 1070 g/mol. The molecule has 3 fully saturated rings. The fourth-order valence-electron chi connectivity index (χ4n) is 9.84. The number of hydrazine groups is 1. The van der Waals surface area contributed by atoms with Gasteiger partial charge in [0.1, 0.15) is 36.1 Å². The van der Waals surface area contributed by atoms with Gasteiger partial charge in [0.2, 0.25) is 5.91 Å². The van der Waals surface area contributed by atoms with Crippen molar-refractivity contribution < 1.29 is 82.8 Å². The number of nitrogens with one attached hydrogen (secondary N) is 4. The van der Waals surface area contributed by atoms with Crippen molar-refractivity contribution >= 4 is 29.8 Å². The summed E-state index contributed by atoms with van der Waals surface area (Å²) in [4.78, 5) is 61.7. The van der Waals surface area contributed by atoms with E-state index in [-0.39, 0.29) is 11.3 Å². The Hall–Kier alpha value is -6.78. The van der Waals surface area contributed by atoms with Crippen LogP contribution in [0.2, 0.25) is 0 Å². The molecule has 2 bridgehead atoms. The van der Waals surface area contributed by atoms with Crippen LogP contribution >= 0.6 is 0 Å². The first-order valence-corrected chi connectivity index (χ1v) is 24.9. The van der Waals surface area contributed by atoms with Gasteiger partial charge in [0.05, 0.1) is 55.0 Å². The number of rotatable bonds is 21. The van der Waals surface area contributed by atoms with Gasteiger partial charge in [0, 0.05) is 67.3 Å². The van der Waals surface area contributed by atoms with Crippen molar-refractivity contribution in [2.45, 2.75) is 121 Å². The largest absolute Gasteiger partial charge is 0.465 e. The Kier molecular flexibility index (Phi) is 18.1. The molecule has 432 valence electrons. The molecule has 0 spiro atoms. The Morgan fingerprint density at radius 1 is 0.797 bits per heavy atom. The van der Waals surface area contributed by atoms with Crippen molar-refractivity contribution in [3.05, 3.63) is 89.8 Å². The van der Waals surface area contributed by atoms with Crippen LogP contribution in [0.1, 0.15) is 51.7 Å². The highest BCUT2D eigenvalue weighted by atomic mass is 19.4.